The van der Waals surface area contributed by atoms with Crippen molar-refractivity contribution in [2.75, 3.05) is 0 Å². The first-order chi connectivity index (χ1) is 7.50. The van der Waals surface area contributed by atoms with Crippen LogP contribution in [0.2, 0.25) is 0 Å². The molecule has 4 heteroatoms. The number of rotatable bonds is 2. The third-order valence-electron chi connectivity index (χ3n) is 2.10. The number of aliphatic imine (C=N–C) groups is 2. The molecule has 0 fully saturated rings. The number of carbonyl (C=O) groups excluding carboxylic acids is 2. The van der Waals surface area contributed by atoms with Gasteiger partial charge < -0.3 is 0 Å². The second kappa shape index (κ2) is 4.67. The lowest BCUT2D eigenvalue weighted by atomic mass is 9.84. The molecule has 0 amide bonds. The average Bonchev–Trinajstić information content (AvgIpc) is 2.17. The van der Waals surface area contributed by atoms with Crippen LogP contribution in [-0.2, 0) is 15.0 Å². The van der Waals surface area contributed by atoms with Gasteiger partial charge in [-0.3, -0.25) is 0 Å². The Labute approximate surface area is 93.7 Å². The third-order valence-corrected chi connectivity index (χ3v) is 2.10. The molecule has 0 aliphatic carbocycles. The predicted molar refractivity (Wildman–Crippen MR) is 60.7 cm³/mol. The van der Waals surface area contributed by atoms with E-state index in [1.165, 1.54) is 12.2 Å². The third kappa shape index (κ3) is 2.51. The van der Waals surface area contributed by atoms with Gasteiger partial charge in [0.25, 0.3) is 0 Å². The highest BCUT2D eigenvalue weighted by molar-refractivity contribution is 5.67. The SMILES string of the molecule is CC(C)(C)c1c(N=C=O)cccc1N=C=O. The summed E-state index contributed by atoms with van der Waals surface area (Å²) in [6, 6.07) is 5.06. The van der Waals surface area contributed by atoms with Gasteiger partial charge in [-0.1, -0.05) is 26.8 Å². The molecule has 0 aliphatic rings. The smallest absolute Gasteiger partial charge is 0.211 e. The van der Waals surface area contributed by atoms with Crippen molar-refractivity contribution >= 4 is 23.5 Å². The molecule has 0 bridgehead atoms. The van der Waals surface area contributed by atoms with Crippen molar-refractivity contribution in [2.24, 2.45) is 9.98 Å². The van der Waals surface area contributed by atoms with Crippen molar-refractivity contribution in [3.05, 3.63) is 23.8 Å². The number of benzene rings is 1. The van der Waals surface area contributed by atoms with E-state index in [0.717, 1.165) is 5.56 Å². The molecule has 0 radical (unpaired) electrons. The number of nitrogens with zero attached hydrogens (tertiary/aromatic N) is 2. The molecule has 1 rings (SSSR count). The van der Waals surface area contributed by atoms with Crippen molar-refractivity contribution in [1.29, 1.82) is 0 Å². The first-order valence-electron chi connectivity index (χ1n) is 4.80. The van der Waals surface area contributed by atoms with Crippen molar-refractivity contribution in [1.82, 2.24) is 0 Å². The standard InChI is InChI=1S/C12H12N2O2/c1-12(2,3)11-9(13-7-15)5-4-6-10(11)14-8-16/h4-6H,1-3H3. The topological polar surface area (TPSA) is 58.9 Å². The summed E-state index contributed by atoms with van der Waals surface area (Å²) >= 11 is 0. The maximum Gasteiger partial charge on any atom is 0.240 e. The molecule has 0 spiro atoms. The van der Waals surface area contributed by atoms with E-state index >= 15 is 0 Å². The summed E-state index contributed by atoms with van der Waals surface area (Å²) < 4.78 is 0. The Morgan fingerprint density at radius 3 is 1.75 bits per heavy atom. The van der Waals surface area contributed by atoms with E-state index in [-0.39, 0.29) is 5.41 Å². The van der Waals surface area contributed by atoms with Crippen LogP contribution in [-0.4, -0.2) is 12.2 Å². The van der Waals surface area contributed by atoms with E-state index in [1.54, 1.807) is 18.2 Å². The highest BCUT2D eigenvalue weighted by Gasteiger charge is 2.21. The van der Waals surface area contributed by atoms with Crippen LogP contribution in [0.5, 0.6) is 0 Å². The summed E-state index contributed by atoms with van der Waals surface area (Å²) in [5, 5.41) is 0. The molecule has 0 aromatic heterocycles. The van der Waals surface area contributed by atoms with E-state index in [0.29, 0.717) is 11.4 Å². The highest BCUT2D eigenvalue weighted by atomic mass is 16.1. The Morgan fingerprint density at radius 2 is 1.44 bits per heavy atom. The van der Waals surface area contributed by atoms with Crippen LogP contribution in [0.25, 0.3) is 0 Å². The average molecular weight is 216 g/mol. The molecular weight excluding hydrogens is 204 g/mol. The minimum absolute atomic E-state index is 0.271. The summed E-state index contributed by atoms with van der Waals surface area (Å²) in [6.07, 6.45) is 3.00. The molecule has 0 N–H and O–H groups in total. The van der Waals surface area contributed by atoms with Gasteiger partial charge in [-0.15, -0.1) is 0 Å². The van der Waals surface area contributed by atoms with Crippen LogP contribution in [0.3, 0.4) is 0 Å². The summed E-state index contributed by atoms with van der Waals surface area (Å²) in [6.45, 7) is 5.86. The Kier molecular flexibility index (Phi) is 3.51. The van der Waals surface area contributed by atoms with Crippen molar-refractivity contribution in [2.45, 2.75) is 26.2 Å². The van der Waals surface area contributed by atoms with Crippen LogP contribution in [0.4, 0.5) is 11.4 Å². The Bertz CT molecular complexity index is 452. The molecule has 0 saturated carbocycles. The van der Waals surface area contributed by atoms with E-state index < -0.39 is 0 Å². The van der Waals surface area contributed by atoms with Gasteiger partial charge in [0, 0.05) is 5.56 Å². The normalized spacial score (nSPS) is 10.2. The predicted octanol–water partition coefficient (Wildman–Crippen LogP) is 2.92. The second-order valence-corrected chi connectivity index (χ2v) is 4.33. The molecule has 0 heterocycles. The van der Waals surface area contributed by atoms with Gasteiger partial charge in [0.2, 0.25) is 12.2 Å². The van der Waals surface area contributed by atoms with E-state index in [2.05, 4.69) is 9.98 Å². The fourth-order valence-electron chi connectivity index (χ4n) is 1.58. The van der Waals surface area contributed by atoms with Crippen LogP contribution in [0, 0.1) is 0 Å². The van der Waals surface area contributed by atoms with Gasteiger partial charge >= 0.3 is 0 Å². The molecule has 0 saturated heterocycles. The van der Waals surface area contributed by atoms with Gasteiger partial charge in [0.05, 0.1) is 11.4 Å². The zero-order chi connectivity index (χ0) is 12.2. The van der Waals surface area contributed by atoms with Crippen molar-refractivity contribution in [3.63, 3.8) is 0 Å². The molecule has 0 atom stereocenters. The maximum absolute atomic E-state index is 10.3. The Balaban J connectivity index is 3.59. The van der Waals surface area contributed by atoms with E-state index in [4.69, 9.17) is 0 Å². The molecule has 16 heavy (non-hydrogen) atoms. The minimum atomic E-state index is -0.271. The van der Waals surface area contributed by atoms with Gasteiger partial charge in [0.15, 0.2) is 0 Å². The minimum Gasteiger partial charge on any atom is -0.211 e. The van der Waals surface area contributed by atoms with Crippen LogP contribution in [0.1, 0.15) is 26.3 Å². The quantitative estimate of drug-likeness (QED) is 0.563. The van der Waals surface area contributed by atoms with Gasteiger partial charge in [-0.25, -0.2) is 9.59 Å². The largest absolute Gasteiger partial charge is 0.240 e. The molecule has 4 nitrogen and oxygen atoms in total. The van der Waals surface area contributed by atoms with Crippen molar-refractivity contribution in [3.8, 4) is 0 Å². The lowest BCUT2D eigenvalue weighted by Gasteiger charge is -2.22. The first-order valence-corrected chi connectivity index (χ1v) is 4.80. The number of hydrogen-bond donors (Lipinski definition) is 0. The molecule has 1 aromatic carbocycles. The van der Waals surface area contributed by atoms with E-state index in [9.17, 15) is 9.59 Å². The molecule has 0 aliphatic heterocycles. The second-order valence-electron chi connectivity index (χ2n) is 4.33. The highest BCUT2D eigenvalue weighted by Crippen LogP contribution is 2.38. The lowest BCUT2D eigenvalue weighted by molar-refractivity contribution is 0.564. The summed E-state index contributed by atoms with van der Waals surface area (Å²) in [7, 11) is 0. The molecular formula is C12H12N2O2. The first kappa shape index (κ1) is 12.1. The molecule has 0 unspecified atom stereocenters. The maximum atomic E-state index is 10.3. The van der Waals surface area contributed by atoms with Gasteiger partial charge in [-0.05, 0) is 17.5 Å². The Morgan fingerprint density at radius 1 is 1.00 bits per heavy atom. The number of isocyanates is 2. The fraction of sp³-hybridized carbons (Fsp3) is 0.333. The summed E-state index contributed by atoms with van der Waals surface area (Å²) in [4.78, 5) is 27.9. The van der Waals surface area contributed by atoms with Crippen LogP contribution >= 0.6 is 0 Å². The Hall–Kier alpha value is -2.02. The van der Waals surface area contributed by atoms with Gasteiger partial charge in [-0.2, -0.15) is 9.98 Å². The lowest BCUT2D eigenvalue weighted by Crippen LogP contribution is -2.11. The van der Waals surface area contributed by atoms with Gasteiger partial charge in [0.1, 0.15) is 0 Å². The summed E-state index contributed by atoms with van der Waals surface area (Å²) in [5.74, 6) is 0. The zero-order valence-electron chi connectivity index (χ0n) is 9.44. The number of hydrogen-bond acceptors (Lipinski definition) is 4. The van der Waals surface area contributed by atoms with E-state index in [1.807, 2.05) is 20.8 Å². The molecule has 1 aromatic rings. The van der Waals surface area contributed by atoms with Crippen LogP contribution < -0.4 is 0 Å². The van der Waals surface area contributed by atoms with Crippen molar-refractivity contribution < 1.29 is 9.59 Å². The zero-order valence-corrected chi connectivity index (χ0v) is 9.44. The fourth-order valence-corrected chi connectivity index (χ4v) is 1.58. The summed E-state index contributed by atoms with van der Waals surface area (Å²) in [5.41, 5.74) is 1.44. The monoisotopic (exact) mass is 216 g/mol. The van der Waals surface area contributed by atoms with Crippen LogP contribution in [0.15, 0.2) is 28.2 Å². The molecule has 82 valence electrons.